The van der Waals surface area contributed by atoms with Gasteiger partial charge in [0.25, 0.3) is 0 Å². The maximum absolute atomic E-state index is 12.7. The van der Waals surface area contributed by atoms with Crippen molar-refractivity contribution in [2.45, 2.75) is 6.18 Å². The third kappa shape index (κ3) is 2.93. The van der Waals surface area contributed by atoms with Gasteiger partial charge in [0.15, 0.2) is 0 Å². The summed E-state index contributed by atoms with van der Waals surface area (Å²) in [6, 6.07) is 4.75. The van der Waals surface area contributed by atoms with Crippen LogP contribution in [0.25, 0.3) is 11.3 Å². The van der Waals surface area contributed by atoms with Crippen molar-refractivity contribution in [3.8, 4) is 17.1 Å². The van der Waals surface area contributed by atoms with Gasteiger partial charge in [-0.05, 0) is 18.2 Å². The van der Waals surface area contributed by atoms with E-state index in [1.165, 1.54) is 25.4 Å². The number of halogens is 3. The number of hydrogen-bond acceptors (Lipinski definition) is 4. The molecule has 0 saturated carbocycles. The number of rotatable bonds is 2. The van der Waals surface area contributed by atoms with Crippen LogP contribution < -0.4 is 10.5 Å². The van der Waals surface area contributed by atoms with E-state index in [0.29, 0.717) is 5.56 Å². The van der Waals surface area contributed by atoms with Crippen LogP contribution in [0.15, 0.2) is 30.5 Å². The Morgan fingerprint density at radius 2 is 1.95 bits per heavy atom. The number of anilines is 1. The van der Waals surface area contributed by atoms with Crippen molar-refractivity contribution in [1.82, 2.24) is 9.97 Å². The number of methoxy groups -OCH3 is 1. The van der Waals surface area contributed by atoms with Crippen LogP contribution in [-0.2, 0) is 6.18 Å². The number of nitrogens with zero attached hydrogens (tertiary/aromatic N) is 2. The van der Waals surface area contributed by atoms with Gasteiger partial charge in [-0.15, -0.1) is 0 Å². The van der Waals surface area contributed by atoms with E-state index >= 15 is 0 Å². The maximum Gasteiger partial charge on any atom is 0.416 e. The number of aromatic nitrogens is 2. The van der Waals surface area contributed by atoms with Gasteiger partial charge in [0.05, 0.1) is 18.4 Å². The Hall–Kier alpha value is -2.31. The molecule has 100 valence electrons. The summed E-state index contributed by atoms with van der Waals surface area (Å²) >= 11 is 0. The van der Waals surface area contributed by atoms with Gasteiger partial charge in [-0.2, -0.15) is 13.2 Å². The summed E-state index contributed by atoms with van der Waals surface area (Å²) < 4.78 is 43.0. The van der Waals surface area contributed by atoms with E-state index in [9.17, 15) is 13.2 Å². The lowest BCUT2D eigenvalue weighted by molar-refractivity contribution is -0.137. The first-order chi connectivity index (χ1) is 8.90. The number of pyridine rings is 2. The van der Waals surface area contributed by atoms with E-state index in [4.69, 9.17) is 10.5 Å². The minimum absolute atomic E-state index is 0.119. The van der Waals surface area contributed by atoms with Crippen molar-refractivity contribution in [3.63, 3.8) is 0 Å². The molecule has 2 heterocycles. The Morgan fingerprint density at radius 1 is 1.21 bits per heavy atom. The molecule has 0 atom stereocenters. The van der Waals surface area contributed by atoms with Gasteiger partial charge in [-0.3, -0.25) is 0 Å². The first kappa shape index (κ1) is 13.1. The molecule has 0 amide bonds. The molecule has 0 aliphatic carbocycles. The van der Waals surface area contributed by atoms with Gasteiger partial charge in [0, 0.05) is 17.8 Å². The fraction of sp³-hybridized carbons (Fsp3) is 0.167. The fourth-order valence-corrected chi connectivity index (χ4v) is 1.54. The van der Waals surface area contributed by atoms with Crippen LogP contribution in [0.3, 0.4) is 0 Å². The van der Waals surface area contributed by atoms with Crippen molar-refractivity contribution >= 4 is 5.82 Å². The highest BCUT2D eigenvalue weighted by Crippen LogP contribution is 2.33. The molecule has 0 aliphatic heterocycles. The van der Waals surface area contributed by atoms with Gasteiger partial charge in [0.2, 0.25) is 5.88 Å². The summed E-state index contributed by atoms with van der Waals surface area (Å²) in [6.45, 7) is 0. The molecular formula is C12H10F3N3O. The molecule has 2 aromatic rings. The second-order valence-electron chi connectivity index (χ2n) is 3.75. The van der Waals surface area contributed by atoms with Crippen LogP contribution in [0, 0.1) is 0 Å². The molecule has 0 saturated heterocycles. The van der Waals surface area contributed by atoms with Crippen molar-refractivity contribution < 1.29 is 17.9 Å². The molecule has 2 N–H and O–H groups in total. The van der Waals surface area contributed by atoms with Crippen LogP contribution in [0.1, 0.15) is 5.56 Å². The molecule has 0 bridgehead atoms. The van der Waals surface area contributed by atoms with E-state index in [-0.39, 0.29) is 17.4 Å². The zero-order chi connectivity index (χ0) is 14.0. The summed E-state index contributed by atoms with van der Waals surface area (Å²) in [6.07, 6.45) is -3.05. The highest BCUT2D eigenvalue weighted by atomic mass is 19.4. The standard InChI is InChI=1S/C12H10F3N3O/c1-19-11-4-7(2-3-17-11)9-5-8(12(13,14)15)6-10(16)18-9/h2-6H,1H3,(H2,16,18). The number of nitrogen functional groups attached to an aromatic ring is 1. The van der Waals surface area contributed by atoms with Gasteiger partial charge in [0.1, 0.15) is 5.82 Å². The normalized spacial score (nSPS) is 11.4. The van der Waals surface area contributed by atoms with Crippen LogP contribution >= 0.6 is 0 Å². The Labute approximate surface area is 107 Å². The quantitative estimate of drug-likeness (QED) is 0.910. The Balaban J connectivity index is 2.53. The fourth-order valence-electron chi connectivity index (χ4n) is 1.54. The van der Waals surface area contributed by atoms with E-state index in [2.05, 4.69) is 9.97 Å². The lowest BCUT2D eigenvalue weighted by Crippen LogP contribution is -2.07. The molecule has 2 aromatic heterocycles. The minimum Gasteiger partial charge on any atom is -0.481 e. The van der Waals surface area contributed by atoms with E-state index in [1.807, 2.05) is 0 Å². The third-order valence-corrected chi connectivity index (χ3v) is 2.41. The van der Waals surface area contributed by atoms with Gasteiger partial charge in [-0.1, -0.05) is 0 Å². The molecule has 0 aromatic carbocycles. The largest absolute Gasteiger partial charge is 0.481 e. The van der Waals surface area contributed by atoms with E-state index in [0.717, 1.165) is 12.1 Å². The maximum atomic E-state index is 12.7. The lowest BCUT2D eigenvalue weighted by Gasteiger charge is -2.10. The molecule has 4 nitrogen and oxygen atoms in total. The van der Waals surface area contributed by atoms with Gasteiger partial charge in [-0.25, -0.2) is 9.97 Å². The van der Waals surface area contributed by atoms with Gasteiger partial charge >= 0.3 is 6.18 Å². The first-order valence-corrected chi connectivity index (χ1v) is 5.25. The molecule has 0 spiro atoms. The van der Waals surface area contributed by atoms with Crippen LogP contribution in [-0.4, -0.2) is 17.1 Å². The molecule has 2 rings (SSSR count). The number of nitrogens with two attached hydrogens (primary N) is 1. The summed E-state index contributed by atoms with van der Waals surface area (Å²) in [5, 5.41) is 0. The van der Waals surface area contributed by atoms with Crippen LogP contribution in [0.5, 0.6) is 5.88 Å². The van der Waals surface area contributed by atoms with Crippen LogP contribution in [0.4, 0.5) is 19.0 Å². The van der Waals surface area contributed by atoms with Crippen molar-refractivity contribution in [3.05, 3.63) is 36.0 Å². The highest BCUT2D eigenvalue weighted by molar-refractivity contribution is 5.63. The first-order valence-electron chi connectivity index (χ1n) is 5.25. The minimum atomic E-state index is -4.47. The molecule has 0 aliphatic rings. The lowest BCUT2D eigenvalue weighted by atomic mass is 10.1. The van der Waals surface area contributed by atoms with Crippen molar-refractivity contribution in [2.75, 3.05) is 12.8 Å². The summed E-state index contributed by atoms with van der Waals surface area (Å²) in [7, 11) is 1.42. The molecular weight excluding hydrogens is 259 g/mol. The second-order valence-corrected chi connectivity index (χ2v) is 3.75. The zero-order valence-electron chi connectivity index (χ0n) is 9.90. The Morgan fingerprint density at radius 3 is 2.58 bits per heavy atom. The zero-order valence-corrected chi connectivity index (χ0v) is 9.90. The summed E-state index contributed by atoms with van der Waals surface area (Å²) in [4.78, 5) is 7.76. The van der Waals surface area contributed by atoms with E-state index < -0.39 is 11.7 Å². The van der Waals surface area contributed by atoms with Crippen molar-refractivity contribution in [1.29, 1.82) is 0 Å². The SMILES string of the molecule is COc1cc(-c2cc(C(F)(F)F)cc(N)n2)ccn1. The third-order valence-electron chi connectivity index (χ3n) is 2.41. The Bertz CT molecular complexity index is 599. The molecule has 0 unspecified atom stereocenters. The molecule has 0 radical (unpaired) electrons. The summed E-state index contributed by atoms with van der Waals surface area (Å²) in [5.41, 5.74) is 5.13. The average molecular weight is 269 g/mol. The van der Waals surface area contributed by atoms with Crippen LogP contribution in [0.2, 0.25) is 0 Å². The van der Waals surface area contributed by atoms with Crippen molar-refractivity contribution in [2.24, 2.45) is 0 Å². The molecule has 0 fully saturated rings. The number of ether oxygens (including phenoxy) is 1. The topological polar surface area (TPSA) is 61.0 Å². The smallest absolute Gasteiger partial charge is 0.416 e. The average Bonchev–Trinajstić information content (AvgIpc) is 2.37. The predicted molar refractivity (Wildman–Crippen MR) is 63.4 cm³/mol. The number of alkyl halides is 3. The molecule has 19 heavy (non-hydrogen) atoms. The number of hydrogen-bond donors (Lipinski definition) is 1. The summed E-state index contributed by atoms with van der Waals surface area (Å²) in [5.74, 6) is 0.0934. The predicted octanol–water partition coefficient (Wildman–Crippen LogP) is 2.75. The second kappa shape index (κ2) is 4.75. The molecule has 7 heteroatoms. The van der Waals surface area contributed by atoms with E-state index in [1.54, 1.807) is 0 Å². The Kier molecular flexibility index (Phi) is 3.28. The monoisotopic (exact) mass is 269 g/mol. The van der Waals surface area contributed by atoms with Gasteiger partial charge < -0.3 is 10.5 Å². The highest BCUT2D eigenvalue weighted by Gasteiger charge is 2.31.